The first-order valence-corrected chi connectivity index (χ1v) is 9.98. The van der Waals surface area contributed by atoms with Crippen LogP contribution in [0, 0.1) is 10.1 Å². The van der Waals surface area contributed by atoms with Crippen LogP contribution in [0.1, 0.15) is 17.0 Å². The van der Waals surface area contributed by atoms with Crippen molar-refractivity contribution >= 4 is 46.6 Å². The molecule has 5 rings (SSSR count). The van der Waals surface area contributed by atoms with Gasteiger partial charge in [-0.05, 0) is 53.6 Å². The molecule has 0 atom stereocenters. The van der Waals surface area contributed by atoms with Gasteiger partial charge in [0, 0.05) is 23.7 Å². The van der Waals surface area contributed by atoms with Crippen LogP contribution in [-0.2, 0) is 0 Å². The van der Waals surface area contributed by atoms with Gasteiger partial charge in [0.15, 0.2) is 11.5 Å². The summed E-state index contributed by atoms with van der Waals surface area (Å²) in [5, 5.41) is 25.8. The Kier molecular flexibility index (Phi) is 5.04. The number of hydrogen-bond donors (Lipinski definition) is 1. The van der Waals surface area contributed by atoms with Gasteiger partial charge in [0.1, 0.15) is 5.75 Å². The molecule has 2 heterocycles. The predicted molar refractivity (Wildman–Crippen MR) is 126 cm³/mol. The van der Waals surface area contributed by atoms with E-state index in [0.717, 1.165) is 16.5 Å². The summed E-state index contributed by atoms with van der Waals surface area (Å²) in [4.78, 5) is 24.2. The maximum absolute atomic E-state index is 11.1. The number of aliphatic imine (C=N–C) groups is 1. The van der Waals surface area contributed by atoms with Crippen LogP contribution in [0.2, 0.25) is 0 Å². The minimum absolute atomic E-state index is 0.0142. The standard InChI is InChI=1S/C24H16N6O3/c31-19-11-8-17(9-12-19)15-25-24-27-23-20-6-1-2-7-21(20)26-22(29(23)28-24)13-10-16-4-3-5-18(14-16)30(32)33/h1-15,31H/b13-10+,25-15+. The number of non-ortho nitro benzene ring substituents is 1. The molecule has 1 N–H and O–H groups in total. The van der Waals surface area contributed by atoms with Crippen molar-refractivity contribution in [2.75, 3.05) is 0 Å². The SMILES string of the molecule is O=[N+]([O-])c1cccc(/C=C/c2nc3ccccc3c3nc(/N=C/c4ccc(O)cc4)nn23)c1. The van der Waals surface area contributed by atoms with Gasteiger partial charge in [0.05, 0.1) is 10.4 Å². The number of fused-ring (bicyclic) bond motifs is 3. The van der Waals surface area contributed by atoms with Gasteiger partial charge in [-0.1, -0.05) is 30.3 Å². The summed E-state index contributed by atoms with van der Waals surface area (Å²) in [7, 11) is 0. The second-order valence-corrected chi connectivity index (χ2v) is 7.17. The number of nitrogens with zero attached hydrogens (tertiary/aromatic N) is 6. The van der Waals surface area contributed by atoms with E-state index >= 15 is 0 Å². The largest absolute Gasteiger partial charge is 0.508 e. The van der Waals surface area contributed by atoms with Crippen molar-refractivity contribution in [1.29, 1.82) is 0 Å². The third kappa shape index (κ3) is 4.15. The molecule has 0 fully saturated rings. The number of phenolic OH excluding ortho intramolecular Hbond substituents is 1. The first-order valence-electron chi connectivity index (χ1n) is 9.98. The van der Waals surface area contributed by atoms with Crippen LogP contribution < -0.4 is 0 Å². The summed E-state index contributed by atoms with van der Waals surface area (Å²) in [6.45, 7) is 0. The topological polar surface area (TPSA) is 119 Å². The highest BCUT2D eigenvalue weighted by atomic mass is 16.6. The highest BCUT2D eigenvalue weighted by Crippen LogP contribution is 2.22. The van der Waals surface area contributed by atoms with Gasteiger partial charge in [-0.15, -0.1) is 5.10 Å². The Morgan fingerprint density at radius 1 is 0.939 bits per heavy atom. The van der Waals surface area contributed by atoms with Crippen molar-refractivity contribution in [2.24, 2.45) is 4.99 Å². The molecule has 0 saturated carbocycles. The van der Waals surface area contributed by atoms with Crippen molar-refractivity contribution in [3.05, 3.63) is 99.9 Å². The predicted octanol–water partition coefficient (Wildman–Crippen LogP) is 4.81. The van der Waals surface area contributed by atoms with Crippen LogP contribution in [0.5, 0.6) is 5.75 Å². The number of para-hydroxylation sites is 1. The summed E-state index contributed by atoms with van der Waals surface area (Å²) in [5.74, 6) is 0.941. The Hall–Kier alpha value is -4.92. The zero-order valence-corrected chi connectivity index (χ0v) is 17.1. The second kappa shape index (κ2) is 8.31. The summed E-state index contributed by atoms with van der Waals surface area (Å²) in [5.41, 5.74) is 2.81. The molecule has 33 heavy (non-hydrogen) atoms. The van der Waals surface area contributed by atoms with Crippen LogP contribution in [0.15, 0.2) is 77.8 Å². The molecule has 0 bridgehead atoms. The van der Waals surface area contributed by atoms with Crippen molar-refractivity contribution in [2.45, 2.75) is 0 Å². The molecule has 0 spiro atoms. The third-order valence-electron chi connectivity index (χ3n) is 4.92. The van der Waals surface area contributed by atoms with E-state index in [9.17, 15) is 15.2 Å². The molecule has 0 aliphatic carbocycles. The molecule has 0 aliphatic rings. The number of aromatic nitrogens is 4. The molecule has 0 amide bonds. The van der Waals surface area contributed by atoms with Gasteiger partial charge in [0.25, 0.3) is 11.6 Å². The summed E-state index contributed by atoms with van der Waals surface area (Å²) >= 11 is 0. The maximum atomic E-state index is 11.1. The molecular weight excluding hydrogens is 420 g/mol. The average molecular weight is 436 g/mol. The minimum atomic E-state index is -0.431. The molecule has 160 valence electrons. The monoisotopic (exact) mass is 436 g/mol. The smallest absolute Gasteiger partial charge is 0.270 e. The van der Waals surface area contributed by atoms with E-state index in [-0.39, 0.29) is 17.4 Å². The number of aromatic hydroxyl groups is 1. The van der Waals surface area contributed by atoms with Crippen LogP contribution in [0.4, 0.5) is 11.6 Å². The molecule has 0 saturated heterocycles. The Morgan fingerprint density at radius 3 is 2.58 bits per heavy atom. The van der Waals surface area contributed by atoms with Crippen LogP contribution in [0.3, 0.4) is 0 Å². The fourth-order valence-electron chi connectivity index (χ4n) is 3.33. The van der Waals surface area contributed by atoms with E-state index in [2.05, 4.69) is 20.1 Å². The van der Waals surface area contributed by atoms with Crippen LogP contribution >= 0.6 is 0 Å². The van der Waals surface area contributed by atoms with E-state index in [1.165, 1.54) is 12.1 Å². The lowest BCUT2D eigenvalue weighted by atomic mass is 10.2. The summed E-state index contributed by atoms with van der Waals surface area (Å²) in [6, 6.07) is 20.5. The normalized spacial score (nSPS) is 11.8. The molecule has 0 unspecified atom stereocenters. The number of nitro benzene ring substituents is 1. The molecule has 9 nitrogen and oxygen atoms in total. The number of phenols is 1. The van der Waals surface area contributed by atoms with E-state index in [4.69, 9.17) is 0 Å². The Labute approximate surface area is 187 Å². The van der Waals surface area contributed by atoms with Crippen LogP contribution in [0.25, 0.3) is 28.7 Å². The fraction of sp³-hybridized carbons (Fsp3) is 0. The number of hydrogen-bond acceptors (Lipinski definition) is 7. The first-order chi connectivity index (χ1) is 16.1. The molecule has 0 aliphatic heterocycles. The fourth-order valence-corrected chi connectivity index (χ4v) is 3.33. The third-order valence-corrected chi connectivity index (χ3v) is 4.92. The Bertz CT molecular complexity index is 1550. The Balaban J connectivity index is 1.58. The quantitative estimate of drug-likeness (QED) is 0.240. The lowest BCUT2D eigenvalue weighted by Gasteiger charge is -2.02. The van der Waals surface area contributed by atoms with Gasteiger partial charge >= 0.3 is 0 Å². The summed E-state index contributed by atoms with van der Waals surface area (Å²) in [6.07, 6.45) is 5.09. The van der Waals surface area contributed by atoms with Gasteiger partial charge in [-0.25, -0.2) is 9.98 Å². The van der Waals surface area contributed by atoms with Crippen molar-refractivity contribution < 1.29 is 10.0 Å². The number of nitro groups is 1. The molecule has 9 heteroatoms. The van der Waals surface area contributed by atoms with Crippen molar-refractivity contribution in [3.63, 3.8) is 0 Å². The van der Waals surface area contributed by atoms with E-state index in [1.54, 1.807) is 59.3 Å². The minimum Gasteiger partial charge on any atom is -0.508 e. The first kappa shape index (κ1) is 20.0. The lowest BCUT2D eigenvalue weighted by molar-refractivity contribution is -0.384. The van der Waals surface area contributed by atoms with Gasteiger partial charge in [-0.3, -0.25) is 10.1 Å². The van der Waals surface area contributed by atoms with Crippen molar-refractivity contribution in [1.82, 2.24) is 19.6 Å². The molecule has 3 aromatic carbocycles. The zero-order valence-electron chi connectivity index (χ0n) is 17.1. The molecule has 0 radical (unpaired) electrons. The molecular formula is C24H16N6O3. The molecule has 5 aromatic rings. The second-order valence-electron chi connectivity index (χ2n) is 7.17. The Morgan fingerprint density at radius 2 is 1.76 bits per heavy atom. The van der Waals surface area contributed by atoms with Gasteiger partial charge in [-0.2, -0.15) is 9.50 Å². The average Bonchev–Trinajstić information content (AvgIpc) is 3.27. The summed E-state index contributed by atoms with van der Waals surface area (Å²) < 4.78 is 1.60. The highest BCUT2D eigenvalue weighted by Gasteiger charge is 2.12. The van der Waals surface area contributed by atoms with E-state index in [1.807, 2.05) is 24.3 Å². The van der Waals surface area contributed by atoms with Gasteiger partial charge in [0.2, 0.25) is 0 Å². The zero-order chi connectivity index (χ0) is 22.8. The van der Waals surface area contributed by atoms with E-state index < -0.39 is 4.92 Å². The molecule has 2 aromatic heterocycles. The van der Waals surface area contributed by atoms with Crippen LogP contribution in [-0.4, -0.2) is 35.8 Å². The maximum Gasteiger partial charge on any atom is 0.270 e. The number of rotatable bonds is 5. The van der Waals surface area contributed by atoms with Gasteiger partial charge < -0.3 is 5.11 Å². The highest BCUT2D eigenvalue weighted by molar-refractivity contribution is 5.92. The van der Waals surface area contributed by atoms with Crippen molar-refractivity contribution in [3.8, 4) is 5.75 Å². The lowest BCUT2D eigenvalue weighted by Crippen LogP contribution is -1.98. The van der Waals surface area contributed by atoms with E-state index in [0.29, 0.717) is 17.0 Å². The number of benzene rings is 3.